The minimum atomic E-state index is 0.807. The van der Waals surface area contributed by atoms with Crippen molar-refractivity contribution in [3.63, 3.8) is 0 Å². The van der Waals surface area contributed by atoms with E-state index in [1.54, 1.807) is 0 Å². The summed E-state index contributed by atoms with van der Waals surface area (Å²) in [5, 5.41) is 4.19. The van der Waals surface area contributed by atoms with Crippen LogP contribution >= 0.6 is 11.8 Å². The fourth-order valence-electron chi connectivity index (χ4n) is 2.17. The lowest BCUT2D eigenvalue weighted by Gasteiger charge is -2.26. The van der Waals surface area contributed by atoms with Gasteiger partial charge in [0.2, 0.25) is 0 Å². The quantitative estimate of drug-likeness (QED) is 0.738. The van der Waals surface area contributed by atoms with Crippen molar-refractivity contribution in [2.45, 2.75) is 24.5 Å². The lowest BCUT2D eigenvalue weighted by Crippen LogP contribution is -2.43. The molecule has 0 aromatic rings. The van der Waals surface area contributed by atoms with Gasteiger partial charge in [-0.3, -0.25) is 4.90 Å². The van der Waals surface area contributed by atoms with Crippen LogP contribution in [0.1, 0.15) is 19.3 Å². The van der Waals surface area contributed by atoms with Gasteiger partial charge < -0.3 is 5.32 Å². The molecule has 3 heteroatoms. The van der Waals surface area contributed by atoms with Gasteiger partial charge in [-0.1, -0.05) is 18.6 Å². The van der Waals surface area contributed by atoms with Gasteiger partial charge >= 0.3 is 0 Å². The van der Waals surface area contributed by atoms with E-state index in [4.69, 9.17) is 0 Å². The van der Waals surface area contributed by atoms with Crippen molar-refractivity contribution in [3.05, 3.63) is 12.2 Å². The van der Waals surface area contributed by atoms with Gasteiger partial charge in [-0.05, 0) is 18.6 Å². The van der Waals surface area contributed by atoms with E-state index in [0.29, 0.717) is 0 Å². The van der Waals surface area contributed by atoms with Crippen LogP contribution in [0.2, 0.25) is 0 Å². The first kappa shape index (κ1) is 11.5. The van der Waals surface area contributed by atoms with Crippen molar-refractivity contribution >= 4 is 11.8 Å². The average Bonchev–Trinajstić information content (AvgIpc) is 2.32. The van der Waals surface area contributed by atoms with Crippen LogP contribution in [0.3, 0.4) is 0 Å². The van der Waals surface area contributed by atoms with E-state index in [1.807, 2.05) is 0 Å². The molecule has 0 saturated carbocycles. The molecule has 2 nitrogen and oxygen atoms in total. The van der Waals surface area contributed by atoms with Crippen molar-refractivity contribution in [1.82, 2.24) is 10.2 Å². The number of hydrogen-bond acceptors (Lipinski definition) is 3. The molecule has 0 bridgehead atoms. The molecule has 0 amide bonds. The first-order chi connectivity index (χ1) is 7.45. The molecule has 86 valence electrons. The lowest BCUT2D eigenvalue weighted by atomic mass is 10.2. The molecule has 0 aliphatic carbocycles. The second kappa shape index (κ2) is 6.56. The zero-order valence-corrected chi connectivity index (χ0v) is 10.3. The summed E-state index contributed by atoms with van der Waals surface area (Å²) in [6.07, 6.45) is 9.06. The normalized spacial score (nSPS) is 29.7. The summed E-state index contributed by atoms with van der Waals surface area (Å²) in [5.74, 6) is 1.36. The molecule has 1 unspecified atom stereocenters. The number of hydrogen-bond donors (Lipinski definition) is 1. The van der Waals surface area contributed by atoms with E-state index in [-0.39, 0.29) is 0 Å². The molecule has 2 aliphatic heterocycles. The fraction of sp³-hybridized carbons (Fsp3) is 0.833. The summed E-state index contributed by atoms with van der Waals surface area (Å²) in [5.41, 5.74) is 0. The summed E-state index contributed by atoms with van der Waals surface area (Å²) in [7, 11) is 0. The fourth-order valence-corrected chi connectivity index (χ4v) is 3.40. The first-order valence-electron chi connectivity index (χ1n) is 6.16. The maximum atomic E-state index is 3.38. The summed E-state index contributed by atoms with van der Waals surface area (Å²) >= 11 is 2.13. The predicted molar refractivity (Wildman–Crippen MR) is 68.5 cm³/mol. The number of rotatable bonds is 3. The third kappa shape index (κ3) is 4.17. The van der Waals surface area contributed by atoms with Crippen LogP contribution in [-0.4, -0.2) is 48.6 Å². The highest BCUT2D eigenvalue weighted by molar-refractivity contribution is 8.00. The van der Waals surface area contributed by atoms with Crippen molar-refractivity contribution < 1.29 is 0 Å². The van der Waals surface area contributed by atoms with E-state index in [2.05, 4.69) is 34.1 Å². The van der Waals surface area contributed by atoms with Crippen LogP contribution < -0.4 is 5.32 Å². The Hall–Kier alpha value is 0.01000. The molecule has 2 heterocycles. The van der Waals surface area contributed by atoms with Crippen molar-refractivity contribution in [1.29, 1.82) is 0 Å². The third-order valence-corrected chi connectivity index (χ3v) is 4.48. The van der Waals surface area contributed by atoms with Crippen molar-refractivity contribution in [2.75, 3.05) is 38.5 Å². The second-order valence-corrected chi connectivity index (χ2v) is 5.73. The third-order valence-electron chi connectivity index (χ3n) is 3.14. The largest absolute Gasteiger partial charge is 0.314 e. The van der Waals surface area contributed by atoms with Gasteiger partial charge in [0.15, 0.2) is 0 Å². The summed E-state index contributed by atoms with van der Waals surface area (Å²) in [6, 6.07) is 0. The molecule has 0 spiro atoms. The molecular formula is C12H22N2S. The summed E-state index contributed by atoms with van der Waals surface area (Å²) in [4.78, 5) is 2.53. The van der Waals surface area contributed by atoms with Crippen LogP contribution in [0.25, 0.3) is 0 Å². The van der Waals surface area contributed by atoms with Crippen LogP contribution in [0.4, 0.5) is 0 Å². The number of nitrogens with one attached hydrogen (secondary N) is 1. The van der Waals surface area contributed by atoms with E-state index < -0.39 is 0 Å². The molecule has 15 heavy (non-hydrogen) atoms. The molecule has 2 saturated heterocycles. The van der Waals surface area contributed by atoms with E-state index in [9.17, 15) is 0 Å². The van der Waals surface area contributed by atoms with E-state index in [0.717, 1.165) is 24.9 Å². The molecule has 0 aromatic heterocycles. The van der Waals surface area contributed by atoms with Crippen LogP contribution in [0.5, 0.6) is 0 Å². The molecule has 0 radical (unpaired) electrons. The van der Waals surface area contributed by atoms with Crippen molar-refractivity contribution in [2.24, 2.45) is 0 Å². The molecule has 1 N–H and O–H groups in total. The van der Waals surface area contributed by atoms with E-state index >= 15 is 0 Å². The number of piperazine rings is 1. The zero-order chi connectivity index (χ0) is 10.3. The monoisotopic (exact) mass is 226 g/mol. The SMILES string of the molecule is C(=C/C1CCCCS1)/CN1CCNCC1. The Morgan fingerprint density at radius 1 is 1.27 bits per heavy atom. The van der Waals surface area contributed by atoms with Crippen LogP contribution in [-0.2, 0) is 0 Å². The zero-order valence-electron chi connectivity index (χ0n) is 9.45. The van der Waals surface area contributed by atoms with Gasteiger partial charge in [0.05, 0.1) is 0 Å². The van der Waals surface area contributed by atoms with Crippen LogP contribution in [0.15, 0.2) is 12.2 Å². The molecular weight excluding hydrogens is 204 g/mol. The Balaban J connectivity index is 1.64. The predicted octanol–water partition coefficient (Wildman–Crippen LogP) is 1.73. The topological polar surface area (TPSA) is 15.3 Å². The highest BCUT2D eigenvalue weighted by atomic mass is 32.2. The average molecular weight is 226 g/mol. The van der Waals surface area contributed by atoms with Gasteiger partial charge in [-0.2, -0.15) is 11.8 Å². The van der Waals surface area contributed by atoms with Gasteiger partial charge in [-0.15, -0.1) is 0 Å². The van der Waals surface area contributed by atoms with E-state index in [1.165, 1.54) is 38.1 Å². The number of nitrogens with zero attached hydrogens (tertiary/aromatic N) is 1. The second-order valence-electron chi connectivity index (χ2n) is 4.38. The molecule has 0 aromatic carbocycles. The van der Waals surface area contributed by atoms with Gasteiger partial charge in [0.1, 0.15) is 0 Å². The van der Waals surface area contributed by atoms with Crippen LogP contribution in [0, 0.1) is 0 Å². The van der Waals surface area contributed by atoms with Gasteiger partial charge in [0.25, 0.3) is 0 Å². The Bertz CT molecular complexity index is 194. The molecule has 2 rings (SSSR count). The maximum Gasteiger partial charge on any atom is 0.0227 e. The molecule has 1 atom stereocenters. The number of thioether (sulfide) groups is 1. The highest BCUT2D eigenvalue weighted by Crippen LogP contribution is 2.25. The van der Waals surface area contributed by atoms with Gasteiger partial charge in [0, 0.05) is 38.0 Å². The Kier molecular flexibility index (Phi) is 5.03. The Labute approximate surface area is 97.5 Å². The van der Waals surface area contributed by atoms with Gasteiger partial charge in [-0.25, -0.2) is 0 Å². The lowest BCUT2D eigenvalue weighted by molar-refractivity contribution is 0.264. The highest BCUT2D eigenvalue weighted by Gasteiger charge is 2.11. The molecule has 2 aliphatic rings. The maximum absolute atomic E-state index is 3.38. The molecule has 2 fully saturated rings. The standard InChI is InChI=1S/C12H22N2S/c1-2-11-15-12(4-1)5-3-8-14-9-6-13-7-10-14/h3,5,12-13H,1-2,4,6-11H2/b5-3-. The minimum Gasteiger partial charge on any atom is -0.314 e. The summed E-state index contributed by atoms with van der Waals surface area (Å²) < 4.78 is 0. The Morgan fingerprint density at radius 3 is 2.87 bits per heavy atom. The smallest absolute Gasteiger partial charge is 0.0227 e. The Morgan fingerprint density at radius 2 is 2.13 bits per heavy atom. The van der Waals surface area contributed by atoms with Crippen molar-refractivity contribution in [3.8, 4) is 0 Å². The minimum absolute atomic E-state index is 0.807. The summed E-state index contributed by atoms with van der Waals surface area (Å²) in [6.45, 7) is 5.89. The first-order valence-corrected chi connectivity index (χ1v) is 7.21.